The van der Waals surface area contributed by atoms with Gasteiger partial charge in [-0.25, -0.2) is 0 Å². The molecule has 0 aromatic rings. The third-order valence-electron chi connectivity index (χ3n) is 1.51. The van der Waals surface area contributed by atoms with Gasteiger partial charge >= 0.3 is 0 Å². The Morgan fingerprint density at radius 3 is 1.20 bits per heavy atom. The van der Waals surface area contributed by atoms with Crippen LogP contribution in [0.2, 0.25) is 0 Å². The van der Waals surface area contributed by atoms with Crippen molar-refractivity contribution in [1.82, 2.24) is 10.6 Å². The zero-order valence-corrected chi connectivity index (χ0v) is 10.1. The summed E-state index contributed by atoms with van der Waals surface area (Å²) < 4.78 is 0. The van der Waals surface area contributed by atoms with Gasteiger partial charge < -0.3 is 16.1 Å². The largest absolute Gasteiger partial charge is 0.412 e. The fraction of sp³-hybridized carbons (Fsp3) is 0.800. The Labute approximate surface area is 91.9 Å². The lowest BCUT2D eigenvalue weighted by molar-refractivity contribution is -0.121. The van der Waals surface area contributed by atoms with Crippen LogP contribution in [0.5, 0.6) is 0 Å². The summed E-state index contributed by atoms with van der Waals surface area (Å²) in [6.07, 6.45) is 3.16. The first-order valence-electron chi connectivity index (χ1n) is 5.03. The SMILES string of the molecule is CCCC(=O)NC.CCCC(=O)NC.O. The highest BCUT2D eigenvalue weighted by Crippen LogP contribution is 1.82. The summed E-state index contributed by atoms with van der Waals surface area (Å²) in [7, 11) is 3.30. The van der Waals surface area contributed by atoms with Gasteiger partial charge in [-0.3, -0.25) is 9.59 Å². The first kappa shape index (κ1) is 19.5. The molecule has 0 aromatic heterocycles. The molecule has 15 heavy (non-hydrogen) atoms. The van der Waals surface area contributed by atoms with E-state index in [4.69, 9.17) is 0 Å². The van der Waals surface area contributed by atoms with Crippen LogP contribution in [0.15, 0.2) is 0 Å². The van der Waals surface area contributed by atoms with Crippen molar-refractivity contribution in [2.24, 2.45) is 0 Å². The first-order valence-corrected chi connectivity index (χ1v) is 5.03. The molecule has 0 aliphatic carbocycles. The zero-order chi connectivity index (χ0) is 11.4. The minimum atomic E-state index is 0. The van der Waals surface area contributed by atoms with E-state index in [-0.39, 0.29) is 17.3 Å². The van der Waals surface area contributed by atoms with Crippen molar-refractivity contribution in [2.75, 3.05) is 14.1 Å². The molecule has 0 bridgehead atoms. The van der Waals surface area contributed by atoms with Crippen molar-refractivity contribution in [3.8, 4) is 0 Å². The molecule has 0 unspecified atom stereocenters. The summed E-state index contributed by atoms with van der Waals surface area (Å²) in [4.78, 5) is 20.6. The van der Waals surface area contributed by atoms with E-state index >= 15 is 0 Å². The Morgan fingerprint density at radius 2 is 1.13 bits per heavy atom. The molecule has 0 radical (unpaired) electrons. The molecule has 4 N–H and O–H groups in total. The second-order valence-corrected chi connectivity index (χ2v) is 2.85. The summed E-state index contributed by atoms with van der Waals surface area (Å²) in [5.41, 5.74) is 0. The molecule has 2 amide bonds. The van der Waals surface area contributed by atoms with E-state index in [2.05, 4.69) is 10.6 Å². The first-order chi connectivity index (χ1) is 6.62. The van der Waals surface area contributed by atoms with Crippen molar-refractivity contribution in [2.45, 2.75) is 39.5 Å². The summed E-state index contributed by atoms with van der Waals surface area (Å²) in [5, 5.41) is 5.05. The summed E-state index contributed by atoms with van der Waals surface area (Å²) in [5.74, 6) is 0.255. The lowest BCUT2D eigenvalue weighted by Gasteiger charge is -1.91. The van der Waals surface area contributed by atoms with E-state index < -0.39 is 0 Å². The molecule has 0 saturated carbocycles. The molecule has 0 saturated heterocycles. The average Bonchev–Trinajstić information content (AvgIpc) is 2.19. The summed E-state index contributed by atoms with van der Waals surface area (Å²) >= 11 is 0. The van der Waals surface area contributed by atoms with Crippen LogP contribution in [-0.4, -0.2) is 31.4 Å². The van der Waals surface area contributed by atoms with Gasteiger partial charge in [-0.2, -0.15) is 0 Å². The minimum Gasteiger partial charge on any atom is -0.412 e. The Bertz CT molecular complexity index is 143. The Hall–Kier alpha value is -1.10. The number of carbonyl (C=O) groups excluding carboxylic acids is 2. The van der Waals surface area contributed by atoms with Gasteiger partial charge in [0.15, 0.2) is 0 Å². The van der Waals surface area contributed by atoms with E-state index in [9.17, 15) is 9.59 Å². The molecule has 0 aromatic carbocycles. The van der Waals surface area contributed by atoms with Gasteiger partial charge in [-0.15, -0.1) is 0 Å². The molecule has 0 atom stereocenters. The molecule has 0 heterocycles. The number of carbonyl (C=O) groups is 2. The third kappa shape index (κ3) is 19.3. The molecule has 0 aliphatic rings. The molecular formula is C10H24N2O3. The maximum atomic E-state index is 10.3. The second kappa shape index (κ2) is 15.4. The van der Waals surface area contributed by atoms with E-state index in [0.29, 0.717) is 12.8 Å². The number of rotatable bonds is 4. The molecule has 0 aliphatic heterocycles. The van der Waals surface area contributed by atoms with Crippen molar-refractivity contribution in [3.05, 3.63) is 0 Å². The van der Waals surface area contributed by atoms with Crippen LogP contribution >= 0.6 is 0 Å². The van der Waals surface area contributed by atoms with Gasteiger partial charge in [0.2, 0.25) is 11.8 Å². The number of nitrogens with one attached hydrogen (secondary N) is 2. The molecule has 0 fully saturated rings. The van der Waals surface area contributed by atoms with Crippen molar-refractivity contribution in [3.63, 3.8) is 0 Å². The van der Waals surface area contributed by atoms with E-state index in [0.717, 1.165) is 12.8 Å². The van der Waals surface area contributed by atoms with Crippen molar-refractivity contribution >= 4 is 11.8 Å². The Morgan fingerprint density at radius 1 is 0.867 bits per heavy atom. The fourth-order valence-corrected chi connectivity index (χ4v) is 0.704. The molecule has 0 spiro atoms. The summed E-state index contributed by atoms with van der Waals surface area (Å²) in [6.45, 7) is 3.96. The molecule has 5 heteroatoms. The van der Waals surface area contributed by atoms with Gasteiger partial charge in [0.05, 0.1) is 0 Å². The fourth-order valence-electron chi connectivity index (χ4n) is 0.704. The topological polar surface area (TPSA) is 89.7 Å². The number of amides is 2. The Balaban J connectivity index is -0.000000180. The van der Waals surface area contributed by atoms with E-state index in [1.165, 1.54) is 0 Å². The maximum Gasteiger partial charge on any atom is 0.219 e. The average molecular weight is 220 g/mol. The highest BCUT2D eigenvalue weighted by molar-refractivity contribution is 5.75. The molecule has 5 nitrogen and oxygen atoms in total. The second-order valence-electron chi connectivity index (χ2n) is 2.85. The predicted molar refractivity (Wildman–Crippen MR) is 61.6 cm³/mol. The van der Waals surface area contributed by atoms with Gasteiger partial charge in [0.1, 0.15) is 0 Å². The monoisotopic (exact) mass is 220 g/mol. The van der Waals surface area contributed by atoms with Crippen LogP contribution in [0.3, 0.4) is 0 Å². The molecule has 92 valence electrons. The lowest BCUT2D eigenvalue weighted by Crippen LogP contribution is -2.16. The predicted octanol–water partition coefficient (Wildman–Crippen LogP) is 0.240. The van der Waals surface area contributed by atoms with Crippen molar-refractivity contribution < 1.29 is 15.1 Å². The number of hydrogen-bond donors (Lipinski definition) is 2. The van der Waals surface area contributed by atoms with Gasteiger partial charge in [-0.1, -0.05) is 13.8 Å². The van der Waals surface area contributed by atoms with Gasteiger partial charge in [0.25, 0.3) is 0 Å². The minimum absolute atomic E-state index is 0. The van der Waals surface area contributed by atoms with Crippen LogP contribution in [0.4, 0.5) is 0 Å². The van der Waals surface area contributed by atoms with Gasteiger partial charge in [0, 0.05) is 26.9 Å². The van der Waals surface area contributed by atoms with Crippen LogP contribution in [-0.2, 0) is 9.59 Å². The highest BCUT2D eigenvalue weighted by Gasteiger charge is 1.90. The van der Waals surface area contributed by atoms with Crippen LogP contribution < -0.4 is 10.6 Å². The zero-order valence-electron chi connectivity index (χ0n) is 10.1. The maximum absolute atomic E-state index is 10.3. The molecular weight excluding hydrogens is 196 g/mol. The number of hydrogen-bond acceptors (Lipinski definition) is 2. The van der Waals surface area contributed by atoms with Crippen LogP contribution in [0.1, 0.15) is 39.5 Å². The van der Waals surface area contributed by atoms with Crippen LogP contribution in [0.25, 0.3) is 0 Å². The summed E-state index contributed by atoms with van der Waals surface area (Å²) in [6, 6.07) is 0. The Kier molecular flexibility index (Phi) is 20.0. The lowest BCUT2D eigenvalue weighted by atomic mass is 10.3. The smallest absolute Gasteiger partial charge is 0.219 e. The van der Waals surface area contributed by atoms with Gasteiger partial charge in [-0.05, 0) is 12.8 Å². The highest BCUT2D eigenvalue weighted by atomic mass is 16.2. The van der Waals surface area contributed by atoms with E-state index in [1.54, 1.807) is 14.1 Å². The molecule has 0 rings (SSSR count). The third-order valence-corrected chi connectivity index (χ3v) is 1.51. The van der Waals surface area contributed by atoms with E-state index in [1.807, 2.05) is 13.8 Å². The standard InChI is InChI=1S/2C5H11NO.H2O/c2*1-3-4-5(7)6-2;/h2*3-4H2,1-2H3,(H,6,7);1H2. The normalized spacial score (nSPS) is 7.73. The van der Waals surface area contributed by atoms with Crippen molar-refractivity contribution in [1.29, 1.82) is 0 Å². The van der Waals surface area contributed by atoms with Crippen LogP contribution in [0, 0.1) is 0 Å². The quantitative estimate of drug-likeness (QED) is 0.710.